The lowest BCUT2D eigenvalue weighted by atomic mass is 10.2. The molecule has 0 aliphatic carbocycles. The Balaban J connectivity index is 1.98. The Hall–Kier alpha value is -1.20. The Morgan fingerprint density at radius 2 is 1.90 bits per heavy atom. The van der Waals surface area contributed by atoms with Crippen LogP contribution in [-0.2, 0) is 0 Å². The smallest absolute Gasteiger partial charge is 0.210 e. The van der Waals surface area contributed by atoms with Gasteiger partial charge in [0.2, 0.25) is 5.16 Å². The molecule has 0 amide bonds. The normalized spacial score (nSPS) is 10.9. The van der Waals surface area contributed by atoms with Crippen molar-refractivity contribution in [3.05, 3.63) is 29.3 Å². The van der Waals surface area contributed by atoms with Crippen LogP contribution in [0.4, 0.5) is 0 Å². The van der Waals surface area contributed by atoms with Crippen LogP contribution in [0, 0.1) is 0 Å². The number of rotatable bonds is 7. The Labute approximate surface area is 128 Å². The van der Waals surface area contributed by atoms with Crippen molar-refractivity contribution in [2.24, 2.45) is 0 Å². The Bertz CT molecular complexity index is 539. The lowest BCUT2D eigenvalue weighted by Crippen LogP contribution is -2.11. The summed E-state index contributed by atoms with van der Waals surface area (Å²) in [7, 11) is 0. The Morgan fingerprint density at radius 3 is 2.60 bits per heavy atom. The minimum Gasteiger partial charge on any atom is -0.335 e. The fourth-order valence-corrected chi connectivity index (χ4v) is 2.84. The summed E-state index contributed by atoms with van der Waals surface area (Å²) in [5.41, 5.74) is 0.919. The molecule has 2 rings (SSSR count). The highest BCUT2D eigenvalue weighted by Gasteiger charge is 2.11. The highest BCUT2D eigenvalue weighted by molar-refractivity contribution is 7.99. The second-order valence-electron chi connectivity index (χ2n) is 4.59. The van der Waals surface area contributed by atoms with Crippen LogP contribution in [0.15, 0.2) is 29.4 Å². The van der Waals surface area contributed by atoms with Crippen molar-refractivity contribution in [1.29, 1.82) is 0 Å². The van der Waals surface area contributed by atoms with Crippen molar-refractivity contribution in [3.63, 3.8) is 0 Å². The van der Waals surface area contributed by atoms with Gasteiger partial charge in [-0.05, 0) is 30.7 Å². The van der Waals surface area contributed by atoms with Gasteiger partial charge in [0.05, 0.1) is 0 Å². The average Bonchev–Trinajstić information content (AvgIpc) is 2.81. The summed E-state index contributed by atoms with van der Waals surface area (Å²) in [5.74, 6) is 7.74. The quantitative estimate of drug-likeness (QED) is 0.477. The van der Waals surface area contributed by atoms with Crippen LogP contribution in [0.25, 0.3) is 11.4 Å². The molecule has 0 aliphatic rings. The largest absolute Gasteiger partial charge is 0.335 e. The van der Waals surface area contributed by atoms with E-state index in [0.717, 1.165) is 16.5 Å². The first kappa shape index (κ1) is 15.2. The van der Waals surface area contributed by atoms with Gasteiger partial charge in [-0.25, -0.2) is 4.68 Å². The van der Waals surface area contributed by atoms with Gasteiger partial charge in [0, 0.05) is 16.3 Å². The van der Waals surface area contributed by atoms with E-state index in [-0.39, 0.29) is 0 Å². The van der Waals surface area contributed by atoms with Crippen molar-refractivity contribution < 1.29 is 0 Å². The molecule has 0 saturated carbocycles. The number of nitrogen functional groups attached to an aromatic ring is 1. The van der Waals surface area contributed by atoms with Gasteiger partial charge in [-0.3, -0.25) is 0 Å². The average molecular weight is 311 g/mol. The Morgan fingerprint density at radius 1 is 1.15 bits per heavy atom. The topological polar surface area (TPSA) is 56.7 Å². The predicted octanol–water partition coefficient (Wildman–Crippen LogP) is 3.98. The third-order valence-electron chi connectivity index (χ3n) is 3.00. The zero-order valence-electron chi connectivity index (χ0n) is 11.6. The van der Waals surface area contributed by atoms with Crippen molar-refractivity contribution in [2.45, 2.75) is 37.8 Å². The highest BCUT2D eigenvalue weighted by atomic mass is 35.5. The number of hydrogen-bond donors (Lipinski definition) is 1. The van der Waals surface area contributed by atoms with E-state index < -0.39 is 0 Å². The van der Waals surface area contributed by atoms with Gasteiger partial charge in [0.25, 0.3) is 0 Å². The number of benzene rings is 1. The molecule has 0 atom stereocenters. The molecule has 1 aromatic heterocycles. The molecule has 0 bridgehead atoms. The molecule has 0 saturated heterocycles. The number of thioether (sulfide) groups is 1. The number of unbranched alkanes of at least 4 members (excludes halogenated alkanes) is 3. The monoisotopic (exact) mass is 310 g/mol. The second kappa shape index (κ2) is 7.55. The lowest BCUT2D eigenvalue weighted by Gasteiger charge is -2.03. The molecule has 0 unspecified atom stereocenters. The Kier molecular flexibility index (Phi) is 5.73. The van der Waals surface area contributed by atoms with Crippen molar-refractivity contribution >= 4 is 23.4 Å². The van der Waals surface area contributed by atoms with Crippen LogP contribution >= 0.6 is 23.4 Å². The lowest BCUT2D eigenvalue weighted by molar-refractivity contribution is 0.705. The maximum absolute atomic E-state index is 6.05. The first-order valence-electron chi connectivity index (χ1n) is 6.81. The fourth-order valence-electron chi connectivity index (χ4n) is 1.86. The standard InChI is InChI=1S/C14H19ClN4S/c1-2-3-4-5-10-20-14-18-17-13(19(14)16)11-6-8-12(15)9-7-11/h6-9H,2-5,10,16H2,1H3. The molecule has 2 aromatic rings. The van der Waals surface area contributed by atoms with Gasteiger partial charge >= 0.3 is 0 Å². The summed E-state index contributed by atoms with van der Waals surface area (Å²) in [5, 5.41) is 9.76. The molecule has 1 aromatic carbocycles. The molecule has 0 radical (unpaired) electrons. The molecule has 0 fully saturated rings. The third kappa shape index (κ3) is 3.90. The maximum atomic E-state index is 6.05. The SMILES string of the molecule is CCCCCCSc1nnc(-c2ccc(Cl)cc2)n1N. The van der Waals surface area contributed by atoms with Gasteiger partial charge in [-0.1, -0.05) is 49.5 Å². The zero-order chi connectivity index (χ0) is 14.4. The number of nitrogens with zero attached hydrogens (tertiary/aromatic N) is 3. The zero-order valence-corrected chi connectivity index (χ0v) is 13.1. The third-order valence-corrected chi connectivity index (χ3v) is 4.28. The van der Waals surface area contributed by atoms with Gasteiger partial charge in [0.1, 0.15) is 0 Å². The van der Waals surface area contributed by atoms with Gasteiger partial charge < -0.3 is 5.84 Å². The van der Waals surface area contributed by atoms with E-state index in [1.165, 1.54) is 25.7 Å². The van der Waals surface area contributed by atoms with E-state index in [4.69, 9.17) is 17.4 Å². The summed E-state index contributed by atoms with van der Waals surface area (Å²) in [6.45, 7) is 2.21. The van der Waals surface area contributed by atoms with Crippen molar-refractivity contribution in [2.75, 3.05) is 11.6 Å². The van der Waals surface area contributed by atoms with Gasteiger partial charge in [0.15, 0.2) is 5.82 Å². The summed E-state index contributed by atoms with van der Waals surface area (Å²) in [6, 6.07) is 7.43. The first-order valence-corrected chi connectivity index (χ1v) is 8.18. The number of hydrogen-bond acceptors (Lipinski definition) is 4. The molecule has 6 heteroatoms. The summed E-state index contributed by atoms with van der Waals surface area (Å²) < 4.78 is 1.55. The minimum absolute atomic E-state index is 0.665. The van der Waals surface area contributed by atoms with Crippen LogP contribution in [0.1, 0.15) is 32.6 Å². The van der Waals surface area contributed by atoms with Crippen LogP contribution in [-0.4, -0.2) is 20.6 Å². The van der Waals surface area contributed by atoms with Gasteiger partial charge in [-0.15, -0.1) is 10.2 Å². The number of aromatic nitrogens is 3. The van der Waals surface area contributed by atoms with Crippen LogP contribution in [0.3, 0.4) is 0 Å². The van der Waals surface area contributed by atoms with Crippen molar-refractivity contribution in [3.8, 4) is 11.4 Å². The molecule has 0 spiro atoms. The summed E-state index contributed by atoms with van der Waals surface area (Å²) in [6.07, 6.45) is 4.97. The van der Waals surface area contributed by atoms with E-state index >= 15 is 0 Å². The minimum atomic E-state index is 0.665. The van der Waals surface area contributed by atoms with Crippen LogP contribution in [0.2, 0.25) is 5.02 Å². The fraction of sp³-hybridized carbons (Fsp3) is 0.429. The summed E-state index contributed by atoms with van der Waals surface area (Å²) >= 11 is 7.53. The summed E-state index contributed by atoms with van der Waals surface area (Å²) in [4.78, 5) is 0. The van der Waals surface area contributed by atoms with E-state index in [2.05, 4.69) is 17.1 Å². The molecule has 0 aliphatic heterocycles. The van der Waals surface area contributed by atoms with Crippen LogP contribution < -0.4 is 5.84 Å². The predicted molar refractivity (Wildman–Crippen MR) is 85.5 cm³/mol. The van der Waals surface area contributed by atoms with E-state index in [1.807, 2.05) is 24.3 Å². The molecular weight excluding hydrogens is 292 g/mol. The van der Waals surface area contributed by atoms with E-state index in [0.29, 0.717) is 10.8 Å². The molecule has 2 N–H and O–H groups in total. The van der Waals surface area contributed by atoms with Gasteiger partial charge in [-0.2, -0.15) is 0 Å². The van der Waals surface area contributed by atoms with E-state index in [1.54, 1.807) is 16.4 Å². The molecule has 1 heterocycles. The number of nitrogens with two attached hydrogens (primary N) is 1. The van der Waals surface area contributed by atoms with Crippen LogP contribution in [0.5, 0.6) is 0 Å². The van der Waals surface area contributed by atoms with E-state index in [9.17, 15) is 0 Å². The molecule has 108 valence electrons. The molecule has 20 heavy (non-hydrogen) atoms. The second-order valence-corrected chi connectivity index (χ2v) is 6.09. The maximum Gasteiger partial charge on any atom is 0.210 e. The van der Waals surface area contributed by atoms with Crippen molar-refractivity contribution in [1.82, 2.24) is 14.9 Å². The highest BCUT2D eigenvalue weighted by Crippen LogP contribution is 2.23. The first-order chi connectivity index (χ1) is 9.72. The molecular formula is C14H19ClN4S. The number of halogens is 1. The molecule has 4 nitrogen and oxygen atoms in total.